The van der Waals surface area contributed by atoms with Crippen molar-refractivity contribution in [3.05, 3.63) is 153 Å². The number of nitrogens with zero attached hydrogens (tertiary/aromatic N) is 1. The number of carbonyl (C=O) groups is 3. The van der Waals surface area contributed by atoms with E-state index in [1.54, 1.807) is 52.7 Å². The zero-order valence-corrected chi connectivity index (χ0v) is 32.3. The Morgan fingerprint density at radius 1 is 0.632 bits per heavy atom. The molecular weight excluding hydrogens is 727 g/mol. The van der Waals surface area contributed by atoms with Crippen LogP contribution in [0, 0.1) is 0 Å². The lowest BCUT2D eigenvalue weighted by Crippen LogP contribution is -2.25. The number of hydrogen-bond donors (Lipinski definition) is 2. The van der Waals surface area contributed by atoms with Crippen molar-refractivity contribution in [3.8, 4) is 23.0 Å². The highest BCUT2D eigenvalue weighted by Gasteiger charge is 2.20. The van der Waals surface area contributed by atoms with Crippen LogP contribution < -0.4 is 35.0 Å². The first kappa shape index (κ1) is 39.8. The SMILES string of the molecule is COc1ccc(CN(CCc2ccc(NC(=O)c3ccc(C(C)=O)cc3NC(=O)c3cc(=O)c4ccccc4o3)cc2)Cc2ccc(OC)c(OC)c2)cc1OC. The van der Waals surface area contributed by atoms with E-state index in [9.17, 15) is 19.2 Å². The number of benzene rings is 5. The van der Waals surface area contributed by atoms with Gasteiger partial charge in [0.15, 0.2) is 40.0 Å². The predicted molar refractivity (Wildman–Crippen MR) is 218 cm³/mol. The van der Waals surface area contributed by atoms with Crippen molar-refractivity contribution in [1.82, 2.24) is 4.90 Å². The van der Waals surface area contributed by atoms with Gasteiger partial charge in [0.05, 0.1) is 45.1 Å². The number of rotatable bonds is 16. The minimum absolute atomic E-state index is 0.0849. The highest BCUT2D eigenvalue weighted by Crippen LogP contribution is 2.31. The van der Waals surface area contributed by atoms with Crippen molar-refractivity contribution in [3.63, 3.8) is 0 Å². The second kappa shape index (κ2) is 18.1. The third kappa shape index (κ3) is 9.67. The number of nitrogens with one attached hydrogen (secondary N) is 2. The quantitative estimate of drug-likeness (QED) is 0.0937. The van der Waals surface area contributed by atoms with Crippen LogP contribution in [-0.4, -0.2) is 57.5 Å². The molecule has 12 heteroatoms. The molecule has 2 N–H and O–H groups in total. The van der Waals surface area contributed by atoms with Gasteiger partial charge in [0.2, 0.25) is 0 Å². The van der Waals surface area contributed by atoms with Crippen molar-refractivity contribution in [1.29, 1.82) is 0 Å². The number of amides is 2. The minimum Gasteiger partial charge on any atom is -0.493 e. The fourth-order valence-electron chi connectivity index (χ4n) is 6.39. The lowest BCUT2D eigenvalue weighted by atomic mass is 10.0. The number of carbonyl (C=O) groups excluding carboxylic acids is 3. The zero-order chi connectivity index (χ0) is 40.5. The van der Waals surface area contributed by atoms with Gasteiger partial charge in [0.1, 0.15) is 5.58 Å². The number of ketones is 1. The van der Waals surface area contributed by atoms with Gasteiger partial charge in [0.25, 0.3) is 11.8 Å². The average molecular weight is 770 g/mol. The third-order valence-electron chi connectivity index (χ3n) is 9.41. The Hall–Kier alpha value is -6.92. The van der Waals surface area contributed by atoms with Gasteiger partial charge < -0.3 is 34.0 Å². The summed E-state index contributed by atoms with van der Waals surface area (Å²) >= 11 is 0. The van der Waals surface area contributed by atoms with E-state index < -0.39 is 11.8 Å². The lowest BCUT2D eigenvalue weighted by molar-refractivity contribution is 0.0991. The number of hydrogen-bond acceptors (Lipinski definition) is 10. The Labute approximate surface area is 329 Å². The summed E-state index contributed by atoms with van der Waals surface area (Å²) in [5, 5.41) is 5.88. The van der Waals surface area contributed by atoms with Gasteiger partial charge in [-0.1, -0.05) is 42.5 Å². The molecule has 0 aliphatic rings. The molecule has 12 nitrogen and oxygen atoms in total. The van der Waals surface area contributed by atoms with E-state index in [-0.39, 0.29) is 39.4 Å². The van der Waals surface area contributed by atoms with E-state index in [4.69, 9.17) is 23.4 Å². The summed E-state index contributed by atoms with van der Waals surface area (Å²) in [6.07, 6.45) is 0.711. The van der Waals surface area contributed by atoms with Gasteiger partial charge >= 0.3 is 0 Å². The smallest absolute Gasteiger partial charge is 0.291 e. The van der Waals surface area contributed by atoms with Crippen molar-refractivity contribution in [2.45, 2.75) is 26.4 Å². The molecule has 0 spiro atoms. The van der Waals surface area contributed by atoms with Gasteiger partial charge in [-0.05, 0) is 90.7 Å². The molecule has 0 saturated heterocycles. The highest BCUT2D eigenvalue weighted by atomic mass is 16.5. The van der Waals surface area contributed by atoms with E-state index in [1.807, 2.05) is 60.7 Å². The van der Waals surface area contributed by atoms with Gasteiger partial charge in [-0.25, -0.2) is 0 Å². The standard InChI is InChI=1S/C45H43N3O9/c1-28(49)32-14-17-34(36(24-32)47-45(52)43-25-37(50)35-8-6-7-9-38(35)57-43)44(51)46-33-15-10-29(11-16-33)20-21-48(26-30-12-18-39(53-2)41(22-30)55-4)27-31-13-19-40(54-3)42(23-31)56-5/h6-19,22-25H,20-21,26-27H2,1-5H3,(H,46,51)(H,47,52). The molecule has 2 amide bonds. The summed E-state index contributed by atoms with van der Waals surface area (Å²) in [5.74, 6) is 0.876. The van der Waals surface area contributed by atoms with Crippen molar-refractivity contribution < 1.29 is 37.7 Å². The number of Topliss-reactive ketones (excluding diaryl/α,β-unsaturated/α-hetero) is 1. The molecule has 0 aliphatic heterocycles. The van der Waals surface area contributed by atoms with Gasteiger partial charge in [-0.3, -0.25) is 24.1 Å². The molecule has 5 aromatic carbocycles. The first-order chi connectivity index (χ1) is 27.6. The van der Waals surface area contributed by atoms with Crippen molar-refractivity contribution >= 4 is 39.9 Å². The van der Waals surface area contributed by atoms with Crippen LogP contribution in [0.3, 0.4) is 0 Å². The van der Waals surface area contributed by atoms with Crippen LogP contribution >= 0.6 is 0 Å². The molecule has 0 saturated carbocycles. The Morgan fingerprint density at radius 3 is 1.82 bits per heavy atom. The summed E-state index contributed by atoms with van der Waals surface area (Å²) in [6, 6.07) is 31.4. The first-order valence-electron chi connectivity index (χ1n) is 18.1. The Balaban J connectivity index is 1.17. The van der Waals surface area contributed by atoms with E-state index >= 15 is 0 Å². The topological polar surface area (TPSA) is 146 Å². The predicted octanol–water partition coefficient (Wildman–Crippen LogP) is 7.78. The highest BCUT2D eigenvalue weighted by molar-refractivity contribution is 6.13. The monoisotopic (exact) mass is 769 g/mol. The molecule has 292 valence electrons. The Morgan fingerprint density at radius 2 is 1.23 bits per heavy atom. The third-order valence-corrected chi connectivity index (χ3v) is 9.41. The molecule has 6 aromatic rings. The van der Waals surface area contributed by atoms with Crippen molar-refractivity contribution in [2.24, 2.45) is 0 Å². The maximum atomic E-state index is 13.6. The van der Waals surface area contributed by atoms with E-state index in [0.29, 0.717) is 60.1 Å². The largest absolute Gasteiger partial charge is 0.493 e. The molecule has 0 radical (unpaired) electrons. The van der Waals surface area contributed by atoms with Crippen LogP contribution in [0.2, 0.25) is 0 Å². The van der Waals surface area contributed by atoms with E-state index in [0.717, 1.165) is 22.8 Å². The summed E-state index contributed by atoms with van der Waals surface area (Å²) < 4.78 is 27.7. The molecule has 6 rings (SSSR count). The maximum Gasteiger partial charge on any atom is 0.291 e. The second-order valence-corrected chi connectivity index (χ2v) is 13.2. The molecule has 0 unspecified atom stereocenters. The van der Waals surface area contributed by atoms with Gasteiger partial charge in [-0.15, -0.1) is 0 Å². The number of methoxy groups -OCH3 is 4. The normalized spacial score (nSPS) is 10.9. The average Bonchev–Trinajstić information content (AvgIpc) is 3.23. The lowest BCUT2D eigenvalue weighted by Gasteiger charge is -2.24. The van der Waals surface area contributed by atoms with Gasteiger partial charge in [-0.2, -0.15) is 0 Å². The molecule has 0 fully saturated rings. The summed E-state index contributed by atoms with van der Waals surface area (Å²) in [5.41, 5.74) is 4.04. The molecule has 0 atom stereocenters. The molecule has 1 aromatic heterocycles. The number of para-hydroxylation sites is 1. The minimum atomic E-state index is -0.747. The second-order valence-electron chi connectivity index (χ2n) is 13.2. The fourth-order valence-corrected chi connectivity index (χ4v) is 6.39. The summed E-state index contributed by atoms with van der Waals surface area (Å²) in [7, 11) is 6.45. The van der Waals surface area contributed by atoms with E-state index in [2.05, 4.69) is 15.5 Å². The molecule has 0 bridgehead atoms. The number of anilines is 2. The zero-order valence-electron chi connectivity index (χ0n) is 32.3. The molecule has 57 heavy (non-hydrogen) atoms. The molecule has 0 aliphatic carbocycles. The number of ether oxygens (including phenoxy) is 4. The van der Waals surface area contributed by atoms with Crippen LogP contribution in [0.25, 0.3) is 11.0 Å². The Kier molecular flexibility index (Phi) is 12.7. The van der Waals surface area contributed by atoms with Crippen molar-refractivity contribution in [2.75, 3.05) is 45.6 Å². The summed E-state index contributed by atoms with van der Waals surface area (Å²) in [4.78, 5) is 54.1. The number of fused-ring (bicyclic) bond motifs is 1. The van der Waals surface area contributed by atoms with Gasteiger partial charge in [0, 0.05) is 37.0 Å². The summed E-state index contributed by atoms with van der Waals surface area (Å²) in [6.45, 7) is 3.36. The fraction of sp³-hybridized carbons (Fsp3) is 0.200. The van der Waals surface area contributed by atoms with Crippen LogP contribution in [0.1, 0.15) is 54.9 Å². The van der Waals surface area contributed by atoms with Crippen LogP contribution in [0.5, 0.6) is 23.0 Å². The van der Waals surface area contributed by atoms with E-state index in [1.165, 1.54) is 25.1 Å². The first-order valence-corrected chi connectivity index (χ1v) is 18.1. The molecule has 1 heterocycles. The Bertz CT molecular complexity index is 2420. The van der Waals surface area contributed by atoms with Crippen LogP contribution in [-0.2, 0) is 19.5 Å². The van der Waals surface area contributed by atoms with Crippen LogP contribution in [0.15, 0.2) is 118 Å². The maximum absolute atomic E-state index is 13.6. The molecular formula is C45H43N3O9. The van der Waals surface area contributed by atoms with Crippen LogP contribution in [0.4, 0.5) is 11.4 Å².